The van der Waals surface area contributed by atoms with E-state index in [-0.39, 0.29) is 18.2 Å². The van der Waals surface area contributed by atoms with E-state index >= 15 is 0 Å². The Labute approximate surface area is 167 Å². The quantitative estimate of drug-likeness (QED) is 0.731. The van der Waals surface area contributed by atoms with Gasteiger partial charge in [0.25, 0.3) is 0 Å². The average molecular weight is 383 g/mol. The SMILES string of the molecule is COc1ccccc1CN(CCC(=O)Nc1c(C)cccc1C(C)C)C(C)=O. The highest BCUT2D eigenvalue weighted by Crippen LogP contribution is 2.27. The summed E-state index contributed by atoms with van der Waals surface area (Å²) in [6, 6.07) is 13.6. The maximum Gasteiger partial charge on any atom is 0.226 e. The molecule has 0 aromatic heterocycles. The lowest BCUT2D eigenvalue weighted by Gasteiger charge is -2.22. The van der Waals surface area contributed by atoms with E-state index in [1.54, 1.807) is 12.0 Å². The normalized spacial score (nSPS) is 10.6. The standard InChI is InChI=1S/C23H30N2O3/c1-16(2)20-11-8-9-17(3)23(20)24-22(27)13-14-25(18(4)26)15-19-10-6-7-12-21(19)28-5/h6-12,16H,13-15H2,1-5H3,(H,24,27). The molecule has 0 heterocycles. The molecule has 0 aliphatic carbocycles. The van der Waals surface area contributed by atoms with Crippen LogP contribution in [-0.2, 0) is 16.1 Å². The van der Waals surface area contributed by atoms with Crippen LogP contribution < -0.4 is 10.1 Å². The van der Waals surface area contributed by atoms with Crippen LogP contribution in [0.5, 0.6) is 5.75 Å². The van der Waals surface area contributed by atoms with Gasteiger partial charge in [-0.1, -0.05) is 50.2 Å². The van der Waals surface area contributed by atoms with E-state index in [2.05, 4.69) is 19.2 Å². The van der Waals surface area contributed by atoms with Crippen molar-refractivity contribution in [3.63, 3.8) is 0 Å². The molecular formula is C23H30N2O3. The summed E-state index contributed by atoms with van der Waals surface area (Å²) in [4.78, 5) is 26.3. The minimum Gasteiger partial charge on any atom is -0.496 e. The van der Waals surface area contributed by atoms with Crippen molar-refractivity contribution in [3.8, 4) is 5.75 Å². The number of nitrogens with one attached hydrogen (secondary N) is 1. The van der Waals surface area contributed by atoms with E-state index in [0.717, 1.165) is 28.1 Å². The number of carbonyl (C=O) groups is 2. The van der Waals surface area contributed by atoms with Crippen LogP contribution in [0.3, 0.4) is 0 Å². The Morgan fingerprint density at radius 1 is 1.11 bits per heavy atom. The minimum atomic E-state index is -0.0949. The summed E-state index contributed by atoms with van der Waals surface area (Å²) in [7, 11) is 1.61. The van der Waals surface area contributed by atoms with Crippen molar-refractivity contribution in [2.24, 2.45) is 0 Å². The summed E-state index contributed by atoms with van der Waals surface area (Å²) < 4.78 is 5.36. The molecule has 2 amide bonds. The zero-order valence-electron chi connectivity index (χ0n) is 17.4. The van der Waals surface area contributed by atoms with Crippen LogP contribution >= 0.6 is 0 Å². The van der Waals surface area contributed by atoms with Crippen molar-refractivity contribution in [2.75, 3.05) is 19.0 Å². The number of ether oxygens (including phenoxy) is 1. The number of rotatable bonds is 8. The highest BCUT2D eigenvalue weighted by atomic mass is 16.5. The largest absolute Gasteiger partial charge is 0.496 e. The topological polar surface area (TPSA) is 58.6 Å². The van der Waals surface area contributed by atoms with Gasteiger partial charge in [0.15, 0.2) is 0 Å². The summed E-state index contributed by atoms with van der Waals surface area (Å²) in [6.45, 7) is 8.48. The first-order chi connectivity index (χ1) is 13.3. The monoisotopic (exact) mass is 382 g/mol. The third-order valence-electron chi connectivity index (χ3n) is 4.80. The van der Waals surface area contributed by atoms with E-state index in [9.17, 15) is 9.59 Å². The number of anilines is 1. The third-order valence-corrected chi connectivity index (χ3v) is 4.80. The van der Waals surface area contributed by atoms with Gasteiger partial charge in [-0.05, 0) is 30.0 Å². The van der Waals surface area contributed by atoms with E-state index < -0.39 is 0 Å². The van der Waals surface area contributed by atoms with Gasteiger partial charge in [0.1, 0.15) is 5.75 Å². The Bertz CT molecular complexity index is 830. The molecular weight excluding hydrogens is 352 g/mol. The number of aryl methyl sites for hydroxylation is 1. The average Bonchev–Trinajstić information content (AvgIpc) is 2.66. The van der Waals surface area contributed by atoms with Crippen LogP contribution in [0, 0.1) is 6.92 Å². The number of carbonyl (C=O) groups excluding carboxylic acids is 2. The highest BCUT2D eigenvalue weighted by Gasteiger charge is 2.16. The molecule has 2 aromatic rings. The lowest BCUT2D eigenvalue weighted by Crippen LogP contribution is -2.31. The summed E-state index contributed by atoms with van der Waals surface area (Å²) >= 11 is 0. The predicted molar refractivity (Wildman–Crippen MR) is 113 cm³/mol. The van der Waals surface area contributed by atoms with Crippen LogP contribution in [-0.4, -0.2) is 30.4 Å². The third kappa shape index (κ3) is 5.59. The highest BCUT2D eigenvalue weighted by molar-refractivity contribution is 5.92. The van der Waals surface area contributed by atoms with Gasteiger partial charge in [-0.3, -0.25) is 9.59 Å². The fourth-order valence-electron chi connectivity index (χ4n) is 3.17. The number of benzene rings is 2. The Morgan fingerprint density at radius 3 is 2.46 bits per heavy atom. The Hall–Kier alpha value is -2.82. The van der Waals surface area contributed by atoms with Gasteiger partial charge in [-0.25, -0.2) is 0 Å². The van der Waals surface area contributed by atoms with E-state index in [1.165, 1.54) is 6.92 Å². The molecule has 1 N–H and O–H groups in total. The Balaban J connectivity index is 2.05. The molecule has 0 aliphatic heterocycles. The first-order valence-corrected chi connectivity index (χ1v) is 9.60. The zero-order chi connectivity index (χ0) is 20.7. The molecule has 5 heteroatoms. The van der Waals surface area contributed by atoms with Gasteiger partial charge in [0.2, 0.25) is 11.8 Å². The minimum absolute atomic E-state index is 0.0718. The van der Waals surface area contributed by atoms with Gasteiger partial charge < -0.3 is 15.0 Å². The molecule has 0 saturated carbocycles. The Morgan fingerprint density at radius 2 is 1.82 bits per heavy atom. The first kappa shape index (κ1) is 21.5. The molecule has 5 nitrogen and oxygen atoms in total. The number of methoxy groups -OCH3 is 1. The summed E-state index contributed by atoms with van der Waals surface area (Å²) in [5.74, 6) is 0.883. The summed E-state index contributed by atoms with van der Waals surface area (Å²) in [5.41, 5.74) is 3.95. The maximum absolute atomic E-state index is 12.6. The number of amides is 2. The van der Waals surface area contributed by atoms with Crippen molar-refractivity contribution >= 4 is 17.5 Å². The molecule has 0 atom stereocenters. The van der Waals surface area contributed by atoms with Gasteiger partial charge >= 0.3 is 0 Å². The molecule has 2 aromatic carbocycles. The molecule has 0 spiro atoms. The maximum atomic E-state index is 12.6. The van der Waals surface area contributed by atoms with Crippen molar-refractivity contribution in [2.45, 2.75) is 46.6 Å². The van der Waals surface area contributed by atoms with Crippen molar-refractivity contribution in [3.05, 3.63) is 59.2 Å². The molecule has 0 fully saturated rings. The number of nitrogens with zero attached hydrogens (tertiary/aromatic N) is 1. The van der Waals surface area contributed by atoms with E-state index in [0.29, 0.717) is 19.0 Å². The molecule has 0 saturated heterocycles. The lowest BCUT2D eigenvalue weighted by atomic mass is 9.98. The van der Waals surface area contributed by atoms with Gasteiger partial charge in [-0.2, -0.15) is 0 Å². The molecule has 150 valence electrons. The van der Waals surface area contributed by atoms with Gasteiger partial charge in [-0.15, -0.1) is 0 Å². The molecule has 0 unspecified atom stereocenters. The fraction of sp³-hybridized carbons (Fsp3) is 0.391. The number of para-hydroxylation sites is 2. The number of hydrogen-bond donors (Lipinski definition) is 1. The second-order valence-corrected chi connectivity index (χ2v) is 7.24. The van der Waals surface area contributed by atoms with Crippen molar-refractivity contribution in [1.29, 1.82) is 0 Å². The second-order valence-electron chi connectivity index (χ2n) is 7.24. The number of hydrogen-bond acceptors (Lipinski definition) is 3. The summed E-state index contributed by atoms with van der Waals surface area (Å²) in [5, 5.41) is 3.04. The van der Waals surface area contributed by atoms with Gasteiger partial charge in [0, 0.05) is 37.7 Å². The van der Waals surface area contributed by atoms with Crippen molar-refractivity contribution in [1.82, 2.24) is 4.90 Å². The van der Waals surface area contributed by atoms with Crippen molar-refractivity contribution < 1.29 is 14.3 Å². The van der Waals surface area contributed by atoms with E-state index in [4.69, 9.17) is 4.74 Å². The van der Waals surface area contributed by atoms with Crippen LogP contribution in [0.2, 0.25) is 0 Å². The first-order valence-electron chi connectivity index (χ1n) is 9.60. The molecule has 0 radical (unpaired) electrons. The van der Waals surface area contributed by atoms with E-state index in [1.807, 2.05) is 49.4 Å². The molecule has 0 aliphatic rings. The van der Waals surface area contributed by atoms with Crippen LogP contribution in [0.1, 0.15) is 49.8 Å². The zero-order valence-corrected chi connectivity index (χ0v) is 17.4. The Kier molecular flexibility index (Phi) is 7.61. The molecule has 28 heavy (non-hydrogen) atoms. The molecule has 0 bridgehead atoms. The molecule has 2 rings (SSSR count). The van der Waals surface area contributed by atoms with Crippen LogP contribution in [0.15, 0.2) is 42.5 Å². The van der Waals surface area contributed by atoms with Crippen LogP contribution in [0.25, 0.3) is 0 Å². The summed E-state index contributed by atoms with van der Waals surface area (Å²) in [6.07, 6.45) is 0.237. The van der Waals surface area contributed by atoms with Crippen LogP contribution in [0.4, 0.5) is 5.69 Å². The van der Waals surface area contributed by atoms with Gasteiger partial charge in [0.05, 0.1) is 7.11 Å². The fourth-order valence-corrected chi connectivity index (χ4v) is 3.17. The smallest absolute Gasteiger partial charge is 0.226 e. The second kappa shape index (κ2) is 9.93. The predicted octanol–water partition coefficient (Wildman–Crippen LogP) is 4.50. The lowest BCUT2D eigenvalue weighted by molar-refractivity contribution is -0.129.